The Bertz CT molecular complexity index is 758. The van der Waals surface area contributed by atoms with Crippen molar-refractivity contribution in [2.75, 3.05) is 26.3 Å². The van der Waals surface area contributed by atoms with Crippen LogP contribution in [0.25, 0.3) is 0 Å². The summed E-state index contributed by atoms with van der Waals surface area (Å²) in [5, 5.41) is 3.04. The van der Waals surface area contributed by atoms with Gasteiger partial charge in [-0.3, -0.25) is 14.4 Å². The van der Waals surface area contributed by atoms with E-state index in [0.29, 0.717) is 50.5 Å². The van der Waals surface area contributed by atoms with Gasteiger partial charge in [0.1, 0.15) is 5.75 Å². The molecule has 2 aliphatic rings. The number of piperidine rings is 1. The van der Waals surface area contributed by atoms with Crippen molar-refractivity contribution < 1.29 is 23.9 Å². The normalized spacial score (nSPS) is 17.8. The molecule has 0 spiro atoms. The molecule has 0 unspecified atom stereocenters. The smallest absolute Gasteiger partial charge is 0.308 e. The highest BCUT2D eigenvalue weighted by atomic mass is 16.5. The molecule has 0 bridgehead atoms. The second kappa shape index (κ2) is 9.50. The highest BCUT2D eigenvalue weighted by Crippen LogP contribution is 2.19. The molecule has 0 aromatic heterocycles. The van der Waals surface area contributed by atoms with Crippen LogP contribution in [-0.4, -0.2) is 55.0 Å². The first kappa shape index (κ1) is 20.1. The molecule has 1 aromatic carbocycles. The lowest BCUT2D eigenvalue weighted by Gasteiger charge is -2.32. The van der Waals surface area contributed by atoms with Crippen molar-refractivity contribution in [3.8, 4) is 5.75 Å². The van der Waals surface area contributed by atoms with E-state index >= 15 is 0 Å². The van der Waals surface area contributed by atoms with E-state index in [4.69, 9.17) is 9.47 Å². The van der Waals surface area contributed by atoms with Crippen LogP contribution < -0.4 is 10.1 Å². The van der Waals surface area contributed by atoms with Crippen LogP contribution in [0.4, 0.5) is 0 Å². The zero-order valence-corrected chi connectivity index (χ0v) is 16.1. The minimum absolute atomic E-state index is 0.0595. The van der Waals surface area contributed by atoms with Gasteiger partial charge in [0.25, 0.3) is 5.91 Å². The van der Waals surface area contributed by atoms with Gasteiger partial charge in [0.05, 0.1) is 13.2 Å². The number of esters is 1. The van der Waals surface area contributed by atoms with Gasteiger partial charge in [-0.05, 0) is 43.9 Å². The van der Waals surface area contributed by atoms with Crippen LogP contribution in [0.2, 0.25) is 0 Å². The molecule has 2 aliphatic heterocycles. The fraction of sp³-hybridized carbons (Fsp3) is 0.476. The van der Waals surface area contributed by atoms with Gasteiger partial charge in [-0.1, -0.05) is 11.6 Å². The number of amides is 2. The molecule has 0 atom stereocenters. The number of hydrogen-bond donors (Lipinski definition) is 1. The molecule has 3 rings (SSSR count). The molecule has 7 nitrogen and oxygen atoms in total. The van der Waals surface area contributed by atoms with E-state index in [0.717, 1.165) is 18.4 Å². The Morgan fingerprint density at radius 3 is 2.57 bits per heavy atom. The van der Waals surface area contributed by atoms with Gasteiger partial charge in [-0.2, -0.15) is 0 Å². The molecule has 2 saturated heterocycles. The summed E-state index contributed by atoms with van der Waals surface area (Å²) in [5.41, 5.74) is 1.62. The molecule has 2 fully saturated rings. The van der Waals surface area contributed by atoms with Crippen LogP contribution in [0.3, 0.4) is 0 Å². The van der Waals surface area contributed by atoms with Crippen molar-refractivity contribution in [3.63, 3.8) is 0 Å². The fourth-order valence-electron chi connectivity index (χ4n) is 3.47. The van der Waals surface area contributed by atoms with E-state index in [1.165, 1.54) is 6.92 Å². The maximum atomic E-state index is 12.7. The molecule has 1 N–H and O–H groups in total. The third-order valence-corrected chi connectivity index (χ3v) is 4.94. The highest BCUT2D eigenvalue weighted by molar-refractivity contribution is 5.95. The monoisotopic (exact) mass is 386 g/mol. The third kappa shape index (κ3) is 5.66. The Hall–Kier alpha value is -2.67. The topological polar surface area (TPSA) is 84.9 Å². The Kier molecular flexibility index (Phi) is 6.81. The van der Waals surface area contributed by atoms with Gasteiger partial charge in [-0.15, -0.1) is 0 Å². The lowest BCUT2D eigenvalue weighted by Crippen LogP contribution is -2.46. The maximum absolute atomic E-state index is 12.7. The lowest BCUT2D eigenvalue weighted by atomic mass is 10.0. The van der Waals surface area contributed by atoms with Crippen molar-refractivity contribution in [1.82, 2.24) is 10.2 Å². The predicted octanol–water partition coefficient (Wildman–Crippen LogP) is 2.07. The average Bonchev–Trinajstić information content (AvgIpc) is 2.68. The van der Waals surface area contributed by atoms with Gasteiger partial charge in [0.2, 0.25) is 5.91 Å². The Morgan fingerprint density at radius 2 is 1.89 bits per heavy atom. The molecule has 0 saturated carbocycles. The summed E-state index contributed by atoms with van der Waals surface area (Å²) in [4.78, 5) is 37.8. The number of nitrogens with one attached hydrogen (secondary N) is 1. The number of benzene rings is 1. The zero-order chi connectivity index (χ0) is 19.9. The number of rotatable bonds is 4. The van der Waals surface area contributed by atoms with Crippen molar-refractivity contribution >= 4 is 17.8 Å². The number of nitrogens with zero attached hydrogens (tertiary/aromatic N) is 1. The summed E-state index contributed by atoms with van der Waals surface area (Å²) in [5.74, 6) is -0.211. The largest absolute Gasteiger partial charge is 0.427 e. The molecule has 7 heteroatoms. The van der Waals surface area contributed by atoms with E-state index in [9.17, 15) is 14.4 Å². The lowest BCUT2D eigenvalue weighted by molar-refractivity contribution is -0.131. The first-order chi connectivity index (χ1) is 13.5. The van der Waals surface area contributed by atoms with Crippen LogP contribution in [-0.2, 0) is 14.3 Å². The molecule has 0 aliphatic carbocycles. The number of carbonyl (C=O) groups is 3. The Balaban J connectivity index is 1.50. The average molecular weight is 386 g/mol. The van der Waals surface area contributed by atoms with Crippen LogP contribution in [0.5, 0.6) is 5.75 Å². The number of carbonyl (C=O) groups excluding carboxylic acids is 3. The van der Waals surface area contributed by atoms with E-state index in [1.54, 1.807) is 35.2 Å². The summed E-state index contributed by atoms with van der Waals surface area (Å²) >= 11 is 0. The van der Waals surface area contributed by atoms with Crippen molar-refractivity contribution in [2.24, 2.45) is 0 Å². The minimum Gasteiger partial charge on any atom is -0.427 e. The molecule has 2 heterocycles. The second-order valence-electron chi connectivity index (χ2n) is 7.11. The van der Waals surface area contributed by atoms with Crippen LogP contribution in [0.1, 0.15) is 43.0 Å². The number of likely N-dealkylation sites (tertiary alicyclic amines) is 1. The van der Waals surface area contributed by atoms with E-state index in [-0.39, 0.29) is 17.9 Å². The number of ether oxygens (including phenoxy) is 2. The van der Waals surface area contributed by atoms with Crippen LogP contribution in [0.15, 0.2) is 35.9 Å². The first-order valence-electron chi connectivity index (χ1n) is 9.67. The summed E-state index contributed by atoms with van der Waals surface area (Å²) in [6.07, 6.45) is 4.75. The summed E-state index contributed by atoms with van der Waals surface area (Å²) in [6.45, 7) is 3.83. The molecule has 2 amide bonds. The minimum atomic E-state index is -0.420. The van der Waals surface area contributed by atoms with E-state index in [1.807, 2.05) is 0 Å². The molecule has 1 aromatic rings. The molecular weight excluding hydrogens is 360 g/mol. The quantitative estimate of drug-likeness (QED) is 0.486. The summed E-state index contributed by atoms with van der Waals surface area (Å²) in [6, 6.07) is 6.71. The van der Waals surface area contributed by atoms with Gasteiger partial charge in [0, 0.05) is 37.7 Å². The summed E-state index contributed by atoms with van der Waals surface area (Å²) in [7, 11) is 0. The fourth-order valence-corrected chi connectivity index (χ4v) is 3.47. The Morgan fingerprint density at radius 1 is 1.18 bits per heavy atom. The molecule has 28 heavy (non-hydrogen) atoms. The van der Waals surface area contributed by atoms with Gasteiger partial charge in [-0.25, -0.2) is 0 Å². The SMILES string of the molecule is CC(=O)Oc1cccc(C(=O)N2CCC(NC(=O)C=C3CCOCC3)CC2)c1. The first-order valence-corrected chi connectivity index (χ1v) is 9.67. The van der Waals surface area contributed by atoms with Crippen molar-refractivity contribution in [3.05, 3.63) is 41.5 Å². The van der Waals surface area contributed by atoms with E-state index < -0.39 is 5.97 Å². The van der Waals surface area contributed by atoms with Crippen LogP contribution in [0, 0.1) is 0 Å². The molecule has 0 radical (unpaired) electrons. The number of hydrogen-bond acceptors (Lipinski definition) is 5. The van der Waals surface area contributed by atoms with Gasteiger partial charge in [0.15, 0.2) is 0 Å². The molecule has 150 valence electrons. The van der Waals surface area contributed by atoms with Crippen molar-refractivity contribution in [1.29, 1.82) is 0 Å². The zero-order valence-electron chi connectivity index (χ0n) is 16.1. The third-order valence-electron chi connectivity index (χ3n) is 4.94. The van der Waals surface area contributed by atoms with Gasteiger partial charge >= 0.3 is 5.97 Å². The Labute approximate surface area is 164 Å². The van der Waals surface area contributed by atoms with Crippen LogP contribution >= 0.6 is 0 Å². The standard InChI is InChI=1S/C21H26N2O5/c1-15(24)28-19-4-2-3-17(14-19)21(26)23-9-5-18(6-10-23)22-20(25)13-16-7-11-27-12-8-16/h2-4,13-14,18H,5-12H2,1H3,(H,22,25). The maximum Gasteiger partial charge on any atom is 0.308 e. The van der Waals surface area contributed by atoms with E-state index in [2.05, 4.69) is 5.32 Å². The van der Waals surface area contributed by atoms with Crippen molar-refractivity contribution in [2.45, 2.75) is 38.6 Å². The highest BCUT2D eigenvalue weighted by Gasteiger charge is 2.24. The molecular formula is C21H26N2O5. The predicted molar refractivity (Wildman–Crippen MR) is 103 cm³/mol. The van der Waals surface area contributed by atoms with Gasteiger partial charge < -0.3 is 19.7 Å². The summed E-state index contributed by atoms with van der Waals surface area (Å²) < 4.78 is 10.3. The second-order valence-corrected chi connectivity index (χ2v) is 7.11.